The Balaban J connectivity index is 0.00000392. The van der Waals surface area contributed by atoms with Crippen LogP contribution < -0.4 is 16.0 Å². The van der Waals surface area contributed by atoms with E-state index in [9.17, 15) is 18.0 Å². The summed E-state index contributed by atoms with van der Waals surface area (Å²) in [5.41, 5.74) is 0. The first-order valence-electron chi connectivity index (χ1n) is 9.48. The van der Waals surface area contributed by atoms with Gasteiger partial charge in [0.15, 0.2) is 5.96 Å². The van der Waals surface area contributed by atoms with Crippen LogP contribution in [-0.2, 0) is 14.8 Å². The summed E-state index contributed by atoms with van der Waals surface area (Å²) in [6.45, 7) is 6.08. The number of hydrogen-bond acceptors (Lipinski definition) is 5. The van der Waals surface area contributed by atoms with E-state index in [-0.39, 0.29) is 60.8 Å². The molecule has 3 N–H and O–H groups in total. The number of hydrogen-bond donors (Lipinski definition) is 3. The largest absolute Gasteiger partial charge is 0.357 e. The van der Waals surface area contributed by atoms with Crippen LogP contribution in [0.5, 0.6) is 0 Å². The Morgan fingerprint density at radius 1 is 1.25 bits per heavy atom. The quantitative estimate of drug-likeness (QED) is 0.175. The van der Waals surface area contributed by atoms with E-state index in [1.54, 1.807) is 4.31 Å². The van der Waals surface area contributed by atoms with Crippen molar-refractivity contribution in [1.82, 2.24) is 25.2 Å². The molecule has 0 atom stereocenters. The zero-order valence-corrected chi connectivity index (χ0v) is 19.6. The Morgan fingerprint density at radius 2 is 1.93 bits per heavy atom. The van der Waals surface area contributed by atoms with Gasteiger partial charge in [-0.05, 0) is 26.2 Å². The molecule has 0 spiro atoms. The Bertz CT molecular complexity index is 648. The van der Waals surface area contributed by atoms with Crippen LogP contribution in [0.3, 0.4) is 0 Å². The summed E-state index contributed by atoms with van der Waals surface area (Å²) >= 11 is 0. The summed E-state index contributed by atoms with van der Waals surface area (Å²) in [5.74, 6) is 0.561. The lowest BCUT2D eigenvalue weighted by Gasteiger charge is -2.32. The van der Waals surface area contributed by atoms with Crippen LogP contribution in [0, 0.1) is 0 Å². The number of carbonyl (C=O) groups excluding carboxylic acids is 2. The number of guanidine groups is 1. The molecule has 2 saturated heterocycles. The lowest BCUT2D eigenvalue weighted by molar-refractivity contribution is -0.124. The molecule has 2 heterocycles. The van der Waals surface area contributed by atoms with Crippen molar-refractivity contribution in [3.05, 3.63) is 0 Å². The molecule has 0 bridgehead atoms. The second-order valence-electron chi connectivity index (χ2n) is 6.60. The van der Waals surface area contributed by atoms with Gasteiger partial charge in [-0.3, -0.25) is 14.7 Å². The molecule has 2 rings (SSSR count). The van der Waals surface area contributed by atoms with Crippen molar-refractivity contribution in [3.63, 3.8) is 0 Å². The van der Waals surface area contributed by atoms with E-state index >= 15 is 0 Å². The van der Waals surface area contributed by atoms with Crippen molar-refractivity contribution in [2.24, 2.45) is 4.99 Å². The van der Waals surface area contributed by atoms with Gasteiger partial charge in [0.2, 0.25) is 15.9 Å². The number of carbonyl (C=O) groups is 2. The zero-order chi connectivity index (χ0) is 19.9. The SMILES string of the molecule is CCCS(=O)(=O)N1CCC(NC(=NCCN2C(=O)CNC2=O)NCC)CC1.I. The van der Waals surface area contributed by atoms with Gasteiger partial charge in [0.1, 0.15) is 0 Å². The summed E-state index contributed by atoms with van der Waals surface area (Å²) in [6, 6.07) is -0.249. The van der Waals surface area contributed by atoms with Gasteiger partial charge in [-0.15, -0.1) is 24.0 Å². The first-order valence-corrected chi connectivity index (χ1v) is 11.1. The van der Waals surface area contributed by atoms with Crippen LogP contribution in [0.25, 0.3) is 0 Å². The number of rotatable bonds is 8. The van der Waals surface area contributed by atoms with Gasteiger partial charge < -0.3 is 16.0 Å². The molecule has 0 aliphatic carbocycles. The predicted octanol–water partition coefficient (Wildman–Crippen LogP) is -0.0845. The maximum absolute atomic E-state index is 12.1. The Morgan fingerprint density at radius 3 is 2.46 bits per heavy atom. The van der Waals surface area contributed by atoms with Gasteiger partial charge in [-0.2, -0.15) is 0 Å². The normalized spacial score (nSPS) is 19.4. The maximum Gasteiger partial charge on any atom is 0.324 e. The summed E-state index contributed by atoms with van der Waals surface area (Å²) < 4.78 is 25.8. The lowest BCUT2D eigenvalue weighted by Crippen LogP contribution is -2.50. The number of piperidine rings is 1. The Kier molecular flexibility index (Phi) is 10.4. The summed E-state index contributed by atoms with van der Waals surface area (Å²) in [5, 5.41) is 8.94. The van der Waals surface area contributed by atoms with E-state index in [0.717, 1.165) is 4.90 Å². The summed E-state index contributed by atoms with van der Waals surface area (Å²) in [7, 11) is -3.15. The Hall–Kier alpha value is -1.15. The molecular formula is C16H31IN6O4S. The third-order valence-electron chi connectivity index (χ3n) is 4.53. The second-order valence-corrected chi connectivity index (χ2v) is 8.69. The average molecular weight is 530 g/mol. The van der Waals surface area contributed by atoms with Gasteiger partial charge in [0.05, 0.1) is 25.4 Å². The van der Waals surface area contributed by atoms with E-state index in [1.165, 1.54) is 0 Å². The molecule has 28 heavy (non-hydrogen) atoms. The van der Waals surface area contributed by atoms with Crippen molar-refractivity contribution < 1.29 is 18.0 Å². The smallest absolute Gasteiger partial charge is 0.324 e. The minimum atomic E-state index is -3.15. The zero-order valence-electron chi connectivity index (χ0n) is 16.4. The Labute approximate surface area is 183 Å². The molecule has 2 aliphatic rings. The number of aliphatic imine (C=N–C) groups is 1. The molecule has 0 unspecified atom stereocenters. The number of nitrogens with zero attached hydrogens (tertiary/aromatic N) is 3. The van der Waals surface area contributed by atoms with Crippen molar-refractivity contribution in [3.8, 4) is 0 Å². The van der Waals surface area contributed by atoms with E-state index < -0.39 is 10.0 Å². The third-order valence-corrected chi connectivity index (χ3v) is 6.60. The molecule has 162 valence electrons. The number of urea groups is 1. The fraction of sp³-hybridized carbons (Fsp3) is 0.812. The average Bonchev–Trinajstić information content (AvgIpc) is 2.94. The molecule has 0 saturated carbocycles. The van der Waals surface area contributed by atoms with Gasteiger partial charge >= 0.3 is 6.03 Å². The molecule has 0 aromatic rings. The van der Waals surface area contributed by atoms with Crippen LogP contribution in [0.4, 0.5) is 4.79 Å². The van der Waals surface area contributed by atoms with E-state index in [0.29, 0.717) is 51.4 Å². The van der Waals surface area contributed by atoms with E-state index in [1.807, 2.05) is 13.8 Å². The first kappa shape index (κ1) is 24.9. The molecule has 12 heteroatoms. The lowest BCUT2D eigenvalue weighted by atomic mass is 10.1. The minimum Gasteiger partial charge on any atom is -0.357 e. The summed E-state index contributed by atoms with van der Waals surface area (Å²) in [6.07, 6.45) is 2.04. The highest BCUT2D eigenvalue weighted by molar-refractivity contribution is 14.0. The predicted molar refractivity (Wildman–Crippen MR) is 118 cm³/mol. The molecule has 2 aliphatic heterocycles. The van der Waals surface area contributed by atoms with Crippen molar-refractivity contribution >= 4 is 51.9 Å². The number of nitrogens with one attached hydrogen (secondary N) is 3. The monoisotopic (exact) mass is 530 g/mol. The fourth-order valence-corrected chi connectivity index (χ4v) is 4.66. The highest BCUT2D eigenvalue weighted by Gasteiger charge is 2.29. The van der Waals surface area contributed by atoms with Gasteiger partial charge in [-0.1, -0.05) is 6.92 Å². The van der Waals surface area contributed by atoms with Crippen LogP contribution in [0.1, 0.15) is 33.1 Å². The van der Waals surface area contributed by atoms with E-state index in [4.69, 9.17) is 0 Å². The number of imide groups is 1. The molecule has 0 aromatic heterocycles. The molecule has 10 nitrogen and oxygen atoms in total. The first-order chi connectivity index (χ1) is 12.9. The number of halogens is 1. The third kappa shape index (κ3) is 7.03. The van der Waals surface area contributed by atoms with Crippen LogP contribution in [0.15, 0.2) is 4.99 Å². The van der Waals surface area contributed by atoms with Crippen LogP contribution >= 0.6 is 24.0 Å². The fourth-order valence-electron chi connectivity index (χ4n) is 3.12. The molecular weight excluding hydrogens is 499 g/mol. The van der Waals surface area contributed by atoms with Gasteiger partial charge in [0.25, 0.3) is 0 Å². The van der Waals surface area contributed by atoms with Gasteiger partial charge in [-0.25, -0.2) is 17.5 Å². The van der Waals surface area contributed by atoms with Crippen molar-refractivity contribution in [2.75, 3.05) is 45.0 Å². The van der Waals surface area contributed by atoms with Crippen LogP contribution in [-0.4, -0.2) is 86.6 Å². The second kappa shape index (κ2) is 11.8. The summed E-state index contributed by atoms with van der Waals surface area (Å²) in [4.78, 5) is 28.7. The van der Waals surface area contributed by atoms with Crippen molar-refractivity contribution in [1.29, 1.82) is 0 Å². The van der Waals surface area contributed by atoms with E-state index in [2.05, 4.69) is 20.9 Å². The topological polar surface area (TPSA) is 123 Å². The number of amides is 3. The molecule has 0 aromatic carbocycles. The highest BCUT2D eigenvalue weighted by Crippen LogP contribution is 2.15. The maximum atomic E-state index is 12.1. The van der Waals surface area contributed by atoms with Crippen LogP contribution in [0.2, 0.25) is 0 Å². The van der Waals surface area contributed by atoms with Crippen molar-refractivity contribution in [2.45, 2.75) is 39.2 Å². The standard InChI is InChI=1S/C16H30N6O4S.HI/c1-3-11-27(25,26)21-8-5-13(6-9-21)20-15(17-4-2)18-7-10-22-14(23)12-19-16(22)24;/h13H,3-12H2,1-2H3,(H,19,24)(H2,17,18,20);1H. The van der Waals surface area contributed by atoms with Gasteiger partial charge in [0, 0.05) is 25.7 Å². The molecule has 3 amide bonds. The molecule has 0 radical (unpaired) electrons. The minimum absolute atomic E-state index is 0. The number of sulfonamides is 1. The molecule has 2 fully saturated rings. The highest BCUT2D eigenvalue weighted by atomic mass is 127.